The van der Waals surface area contributed by atoms with Crippen LogP contribution in [0, 0.1) is 6.92 Å². The van der Waals surface area contributed by atoms with Gasteiger partial charge >= 0.3 is 0 Å². The molecule has 0 aliphatic carbocycles. The van der Waals surface area contributed by atoms with Crippen LogP contribution >= 0.6 is 11.6 Å². The van der Waals surface area contributed by atoms with Gasteiger partial charge in [0.1, 0.15) is 0 Å². The van der Waals surface area contributed by atoms with Crippen LogP contribution in [0.1, 0.15) is 32.4 Å². The fraction of sp³-hybridized carbons (Fsp3) is 0.636. The van der Waals surface area contributed by atoms with E-state index in [1.165, 1.54) is 0 Å². The molecule has 1 unspecified atom stereocenters. The van der Waals surface area contributed by atoms with E-state index in [4.69, 9.17) is 22.4 Å². The minimum absolute atomic E-state index is 0.106. The zero-order chi connectivity index (χ0) is 13.1. The Labute approximate surface area is 106 Å². The molecule has 0 radical (unpaired) electrons. The zero-order valence-electron chi connectivity index (χ0n) is 10.4. The lowest BCUT2D eigenvalue weighted by Crippen LogP contribution is -2.35. The van der Waals surface area contributed by atoms with Gasteiger partial charge in [-0.25, -0.2) is 4.98 Å². The average molecular weight is 259 g/mol. The lowest BCUT2D eigenvalue weighted by atomic mass is 9.95. The van der Waals surface area contributed by atoms with Gasteiger partial charge < -0.3 is 16.2 Å². The van der Waals surface area contributed by atoms with Gasteiger partial charge in [-0.1, -0.05) is 6.92 Å². The molecule has 1 aromatic heterocycles. The summed E-state index contributed by atoms with van der Waals surface area (Å²) >= 11 is 5.80. The largest absolute Gasteiger partial charge is 0.396 e. The molecule has 0 aromatic carbocycles. The summed E-state index contributed by atoms with van der Waals surface area (Å²) < 4.78 is 0. The summed E-state index contributed by atoms with van der Waals surface area (Å²) in [5.41, 5.74) is 6.78. The van der Waals surface area contributed by atoms with Crippen molar-refractivity contribution in [2.24, 2.45) is 0 Å². The topological polar surface area (TPSA) is 84.1 Å². The number of aromatic nitrogens is 2. The molecule has 0 aliphatic heterocycles. The van der Waals surface area contributed by atoms with Crippen LogP contribution in [-0.2, 0) is 0 Å². The predicted octanol–water partition coefficient (Wildman–Crippen LogP) is 1.98. The Hall–Kier alpha value is -1.07. The first-order valence-corrected chi connectivity index (χ1v) is 5.98. The SMILES string of the molecule is CCC(C)(CCO)Nc1nc(Cl)nc(C)c1N. The molecule has 0 saturated carbocycles. The Morgan fingerprint density at radius 2 is 2.12 bits per heavy atom. The van der Waals surface area contributed by atoms with E-state index in [1.807, 2.05) is 13.8 Å². The first kappa shape index (κ1) is 14.0. The molecule has 96 valence electrons. The number of nitrogens with one attached hydrogen (secondary N) is 1. The number of rotatable bonds is 5. The molecule has 0 fully saturated rings. The molecule has 0 aliphatic rings. The Bertz CT molecular complexity index is 399. The molecule has 17 heavy (non-hydrogen) atoms. The number of nitrogens with two attached hydrogens (primary N) is 1. The Kier molecular flexibility index (Phi) is 4.54. The number of hydrogen-bond acceptors (Lipinski definition) is 5. The predicted molar refractivity (Wildman–Crippen MR) is 70.2 cm³/mol. The van der Waals surface area contributed by atoms with Crippen molar-refractivity contribution in [1.82, 2.24) is 9.97 Å². The van der Waals surface area contributed by atoms with Gasteiger partial charge in [-0.2, -0.15) is 4.98 Å². The van der Waals surface area contributed by atoms with Gasteiger partial charge in [0.2, 0.25) is 5.28 Å². The van der Waals surface area contributed by atoms with Gasteiger partial charge in [-0.3, -0.25) is 0 Å². The minimum atomic E-state index is -0.257. The van der Waals surface area contributed by atoms with Crippen LogP contribution in [0.4, 0.5) is 11.5 Å². The molecule has 1 rings (SSSR count). The second-order valence-electron chi connectivity index (χ2n) is 4.35. The highest BCUT2D eigenvalue weighted by molar-refractivity contribution is 6.28. The molecule has 6 heteroatoms. The van der Waals surface area contributed by atoms with Gasteiger partial charge in [0, 0.05) is 12.1 Å². The lowest BCUT2D eigenvalue weighted by molar-refractivity contribution is 0.252. The maximum atomic E-state index is 9.06. The van der Waals surface area contributed by atoms with E-state index in [9.17, 15) is 0 Å². The van der Waals surface area contributed by atoms with Crippen LogP contribution in [0.2, 0.25) is 5.28 Å². The second-order valence-corrected chi connectivity index (χ2v) is 4.69. The summed E-state index contributed by atoms with van der Waals surface area (Å²) in [6.45, 7) is 5.93. The van der Waals surface area contributed by atoms with Crippen molar-refractivity contribution in [3.05, 3.63) is 11.0 Å². The molecule has 0 amide bonds. The Morgan fingerprint density at radius 1 is 1.47 bits per heavy atom. The first-order chi connectivity index (χ1) is 7.91. The molecule has 0 bridgehead atoms. The number of aliphatic hydroxyl groups is 1. The molecular formula is C11H19ClN4O. The fourth-order valence-corrected chi connectivity index (χ4v) is 1.71. The van der Waals surface area contributed by atoms with Crippen molar-refractivity contribution in [1.29, 1.82) is 0 Å². The van der Waals surface area contributed by atoms with Crippen molar-refractivity contribution in [2.45, 2.75) is 39.2 Å². The minimum Gasteiger partial charge on any atom is -0.396 e. The molecule has 1 atom stereocenters. The summed E-state index contributed by atoms with van der Waals surface area (Å²) in [5.74, 6) is 0.528. The van der Waals surface area contributed by atoms with E-state index in [1.54, 1.807) is 6.92 Å². The van der Waals surface area contributed by atoms with Crippen molar-refractivity contribution < 1.29 is 5.11 Å². The third-order valence-electron chi connectivity index (χ3n) is 2.97. The molecule has 1 aromatic rings. The van der Waals surface area contributed by atoms with Gasteiger partial charge in [0.15, 0.2) is 5.82 Å². The van der Waals surface area contributed by atoms with Crippen LogP contribution in [0.25, 0.3) is 0 Å². The zero-order valence-corrected chi connectivity index (χ0v) is 11.2. The third-order valence-corrected chi connectivity index (χ3v) is 3.14. The lowest BCUT2D eigenvalue weighted by Gasteiger charge is -2.30. The van der Waals surface area contributed by atoms with Crippen LogP contribution < -0.4 is 11.1 Å². The highest BCUT2D eigenvalue weighted by Gasteiger charge is 2.23. The molecule has 0 saturated heterocycles. The number of aryl methyl sites for hydroxylation is 1. The molecule has 5 nitrogen and oxygen atoms in total. The number of aliphatic hydroxyl groups excluding tert-OH is 1. The standard InChI is InChI=1S/C11H19ClN4O/c1-4-11(3,5-6-17)16-9-8(13)7(2)14-10(12)15-9/h17H,4-6,13H2,1-3H3,(H,14,15,16). The molecule has 0 spiro atoms. The molecule has 1 heterocycles. The number of anilines is 2. The van der Waals surface area contributed by atoms with E-state index in [0.29, 0.717) is 23.6 Å². The number of hydrogen-bond donors (Lipinski definition) is 3. The van der Waals surface area contributed by atoms with Crippen molar-refractivity contribution >= 4 is 23.1 Å². The summed E-state index contributed by atoms with van der Waals surface area (Å²) in [7, 11) is 0. The number of nitrogens with zero attached hydrogens (tertiary/aromatic N) is 2. The van der Waals surface area contributed by atoms with Crippen LogP contribution in [0.15, 0.2) is 0 Å². The quantitative estimate of drug-likeness (QED) is 0.704. The maximum Gasteiger partial charge on any atom is 0.224 e. The van der Waals surface area contributed by atoms with Gasteiger partial charge in [0.05, 0.1) is 11.4 Å². The van der Waals surface area contributed by atoms with Crippen LogP contribution in [-0.4, -0.2) is 27.2 Å². The maximum absolute atomic E-state index is 9.06. The average Bonchev–Trinajstić information content (AvgIpc) is 2.25. The van der Waals surface area contributed by atoms with E-state index < -0.39 is 0 Å². The van der Waals surface area contributed by atoms with Crippen molar-refractivity contribution in [3.8, 4) is 0 Å². The normalized spacial score (nSPS) is 14.4. The van der Waals surface area contributed by atoms with Gasteiger partial charge in [0.25, 0.3) is 0 Å². The van der Waals surface area contributed by atoms with Crippen LogP contribution in [0.3, 0.4) is 0 Å². The van der Waals surface area contributed by atoms with E-state index >= 15 is 0 Å². The second kappa shape index (κ2) is 5.51. The van der Waals surface area contributed by atoms with Gasteiger partial charge in [-0.05, 0) is 38.3 Å². The number of nitrogen functional groups attached to an aromatic ring is 1. The highest BCUT2D eigenvalue weighted by Crippen LogP contribution is 2.26. The third kappa shape index (κ3) is 3.44. The summed E-state index contributed by atoms with van der Waals surface area (Å²) in [6.07, 6.45) is 1.46. The Morgan fingerprint density at radius 3 is 2.65 bits per heavy atom. The molecule has 4 N–H and O–H groups in total. The highest BCUT2D eigenvalue weighted by atomic mass is 35.5. The van der Waals surface area contributed by atoms with Crippen LogP contribution in [0.5, 0.6) is 0 Å². The fourth-order valence-electron chi connectivity index (χ4n) is 1.50. The summed E-state index contributed by atoms with van der Waals surface area (Å²) in [6, 6.07) is 0. The monoisotopic (exact) mass is 258 g/mol. The van der Waals surface area contributed by atoms with E-state index in [0.717, 1.165) is 6.42 Å². The van der Waals surface area contributed by atoms with E-state index in [2.05, 4.69) is 15.3 Å². The summed E-state index contributed by atoms with van der Waals surface area (Å²) in [4.78, 5) is 8.06. The van der Waals surface area contributed by atoms with Gasteiger partial charge in [-0.15, -0.1) is 0 Å². The first-order valence-electron chi connectivity index (χ1n) is 5.60. The Balaban J connectivity index is 3.01. The van der Waals surface area contributed by atoms with Crippen molar-refractivity contribution in [2.75, 3.05) is 17.7 Å². The number of halogens is 1. The smallest absolute Gasteiger partial charge is 0.224 e. The molecular weight excluding hydrogens is 240 g/mol. The summed E-state index contributed by atoms with van der Waals surface area (Å²) in [5, 5.41) is 12.5. The van der Waals surface area contributed by atoms with Crippen molar-refractivity contribution in [3.63, 3.8) is 0 Å². The van der Waals surface area contributed by atoms with E-state index in [-0.39, 0.29) is 17.4 Å².